The Morgan fingerprint density at radius 3 is 2.74 bits per heavy atom. The SMILES string of the molecule is CN1CCc2nc(C(=O)N[C@@H]3CN(C(=O)C4(O)CC4)CC[C@@H]3NC(=O)c3cc4cc(Cl)ccc4[nH]3)sc2C1. The van der Waals surface area contributed by atoms with Gasteiger partial charge < -0.3 is 30.5 Å². The Balaban J connectivity index is 1.20. The van der Waals surface area contributed by atoms with E-state index < -0.39 is 17.7 Å². The van der Waals surface area contributed by atoms with E-state index in [1.807, 2.05) is 13.1 Å². The van der Waals surface area contributed by atoms with Crippen molar-refractivity contribution in [1.82, 2.24) is 30.4 Å². The molecular formula is C26H29ClN6O4S. The number of piperidine rings is 1. The number of carbonyl (C=O) groups is 3. The summed E-state index contributed by atoms with van der Waals surface area (Å²) in [5.41, 5.74) is 0.839. The molecule has 1 aromatic carbocycles. The number of hydrogen-bond donors (Lipinski definition) is 4. The minimum Gasteiger partial charge on any atom is -0.380 e. The van der Waals surface area contributed by atoms with Crippen molar-refractivity contribution < 1.29 is 19.5 Å². The van der Waals surface area contributed by atoms with E-state index in [-0.39, 0.29) is 24.3 Å². The van der Waals surface area contributed by atoms with Crippen LogP contribution >= 0.6 is 22.9 Å². The largest absolute Gasteiger partial charge is 0.380 e. The van der Waals surface area contributed by atoms with E-state index in [0.29, 0.717) is 41.5 Å². The highest BCUT2D eigenvalue weighted by molar-refractivity contribution is 7.13. The maximum atomic E-state index is 13.3. The number of rotatable bonds is 5. The summed E-state index contributed by atoms with van der Waals surface area (Å²) in [5, 5.41) is 18.2. The second-order valence-corrected chi connectivity index (χ2v) is 12.0. The van der Waals surface area contributed by atoms with Crippen LogP contribution in [-0.4, -0.2) is 87.0 Å². The van der Waals surface area contributed by atoms with Crippen LogP contribution in [0.15, 0.2) is 24.3 Å². The first-order chi connectivity index (χ1) is 18.2. The molecule has 2 aromatic heterocycles. The highest BCUT2D eigenvalue weighted by Crippen LogP contribution is 2.37. The number of benzene rings is 1. The number of nitrogens with one attached hydrogen (secondary N) is 3. The van der Waals surface area contributed by atoms with Gasteiger partial charge in [-0.2, -0.15) is 0 Å². The van der Waals surface area contributed by atoms with E-state index in [9.17, 15) is 19.5 Å². The van der Waals surface area contributed by atoms with Gasteiger partial charge in [-0.25, -0.2) is 4.98 Å². The van der Waals surface area contributed by atoms with Crippen LogP contribution in [0, 0.1) is 0 Å². The van der Waals surface area contributed by atoms with Gasteiger partial charge in [0.05, 0.1) is 17.8 Å². The Hall–Kier alpha value is -2.99. The fourth-order valence-corrected chi connectivity index (χ4v) is 6.48. The molecule has 2 fully saturated rings. The predicted molar refractivity (Wildman–Crippen MR) is 143 cm³/mol. The second kappa shape index (κ2) is 9.64. The molecule has 4 N–H and O–H groups in total. The highest BCUT2D eigenvalue weighted by atomic mass is 35.5. The number of aromatic nitrogens is 2. The van der Waals surface area contributed by atoms with Gasteiger partial charge in [-0.1, -0.05) is 11.6 Å². The molecule has 3 aliphatic rings. The number of halogens is 1. The highest BCUT2D eigenvalue weighted by Gasteiger charge is 2.51. The van der Waals surface area contributed by atoms with Crippen molar-refractivity contribution in [3.05, 3.63) is 50.6 Å². The Labute approximate surface area is 228 Å². The smallest absolute Gasteiger partial charge is 0.280 e. The molecule has 0 bridgehead atoms. The molecule has 200 valence electrons. The third kappa shape index (κ3) is 4.91. The molecule has 3 amide bonds. The van der Waals surface area contributed by atoms with Gasteiger partial charge in [-0.15, -0.1) is 11.3 Å². The molecule has 0 radical (unpaired) electrons. The number of aromatic amines is 1. The number of amides is 3. The third-order valence-electron chi connectivity index (χ3n) is 7.60. The van der Waals surface area contributed by atoms with E-state index in [0.717, 1.165) is 41.0 Å². The van der Waals surface area contributed by atoms with Crippen LogP contribution in [-0.2, 0) is 17.8 Å². The maximum Gasteiger partial charge on any atom is 0.280 e. The lowest BCUT2D eigenvalue weighted by molar-refractivity contribution is -0.144. The van der Waals surface area contributed by atoms with Crippen LogP contribution in [0.25, 0.3) is 10.9 Å². The molecule has 0 unspecified atom stereocenters. The molecular weight excluding hydrogens is 528 g/mol. The van der Waals surface area contributed by atoms with Crippen LogP contribution in [0.1, 0.15) is 50.1 Å². The molecule has 10 nitrogen and oxygen atoms in total. The predicted octanol–water partition coefficient (Wildman–Crippen LogP) is 1.92. The fraction of sp³-hybridized carbons (Fsp3) is 0.462. The summed E-state index contributed by atoms with van der Waals surface area (Å²) in [4.78, 5) is 51.9. The summed E-state index contributed by atoms with van der Waals surface area (Å²) < 4.78 is 0. The minimum atomic E-state index is -1.29. The van der Waals surface area contributed by atoms with Crippen molar-refractivity contribution in [2.75, 3.05) is 26.7 Å². The van der Waals surface area contributed by atoms with Gasteiger partial charge in [0.15, 0.2) is 5.01 Å². The zero-order valence-electron chi connectivity index (χ0n) is 20.9. The first-order valence-corrected chi connectivity index (χ1v) is 14.0. The minimum absolute atomic E-state index is 0.188. The van der Waals surface area contributed by atoms with Crippen LogP contribution < -0.4 is 10.6 Å². The number of hydrogen-bond acceptors (Lipinski definition) is 7. The average molecular weight is 557 g/mol. The fourth-order valence-electron chi connectivity index (χ4n) is 5.20. The Morgan fingerprint density at radius 1 is 1.16 bits per heavy atom. The number of H-pyrrole nitrogens is 1. The summed E-state index contributed by atoms with van der Waals surface area (Å²) in [6, 6.07) is 6.13. The van der Waals surface area contributed by atoms with Crippen LogP contribution in [0.2, 0.25) is 5.02 Å². The second-order valence-electron chi connectivity index (χ2n) is 10.5. The van der Waals surface area contributed by atoms with Gasteiger partial charge >= 0.3 is 0 Å². The summed E-state index contributed by atoms with van der Waals surface area (Å²) in [6.45, 7) is 2.22. The lowest BCUT2D eigenvalue weighted by Gasteiger charge is -2.39. The van der Waals surface area contributed by atoms with E-state index in [1.54, 1.807) is 23.1 Å². The molecule has 0 spiro atoms. The maximum absolute atomic E-state index is 13.3. The first kappa shape index (κ1) is 25.3. The lowest BCUT2D eigenvalue weighted by Crippen LogP contribution is -2.62. The van der Waals surface area contributed by atoms with Gasteiger partial charge in [0.1, 0.15) is 11.3 Å². The van der Waals surface area contributed by atoms with Crippen LogP contribution in [0.4, 0.5) is 0 Å². The van der Waals surface area contributed by atoms with Gasteiger partial charge in [0.25, 0.3) is 17.7 Å². The third-order valence-corrected chi connectivity index (χ3v) is 8.91. The number of carbonyl (C=O) groups excluding carboxylic acids is 3. The molecule has 4 heterocycles. The van der Waals surface area contributed by atoms with Crippen LogP contribution in [0.5, 0.6) is 0 Å². The Kier molecular flexibility index (Phi) is 6.42. The summed E-state index contributed by atoms with van der Waals surface area (Å²) in [5.74, 6) is -0.951. The standard InChI is InChI=1S/C26H29ClN6O4S/c1-32-8-4-18-21(13-32)38-24(31-18)23(35)30-20-12-33(25(36)26(37)6-7-26)9-5-17(20)29-22(34)19-11-14-10-15(27)2-3-16(14)28-19/h2-3,10-11,17,20,28,37H,4-9,12-13H2,1H3,(H,29,34)(H,30,35)/t17-,20+/m0/s1. The monoisotopic (exact) mass is 556 g/mol. The molecule has 38 heavy (non-hydrogen) atoms. The van der Waals surface area contributed by atoms with Crippen molar-refractivity contribution in [2.24, 2.45) is 0 Å². The molecule has 6 rings (SSSR count). The van der Waals surface area contributed by atoms with Crippen molar-refractivity contribution in [2.45, 2.75) is 49.9 Å². The Bertz CT molecular complexity index is 1430. The quantitative estimate of drug-likeness (QED) is 0.380. The molecule has 1 aliphatic carbocycles. The van der Waals surface area contributed by atoms with Crippen molar-refractivity contribution in [1.29, 1.82) is 0 Å². The number of likely N-dealkylation sites (N-methyl/N-ethyl adjacent to an activating group) is 1. The van der Waals surface area contributed by atoms with E-state index >= 15 is 0 Å². The molecule has 1 saturated carbocycles. The van der Waals surface area contributed by atoms with Crippen molar-refractivity contribution in [3.8, 4) is 0 Å². The van der Waals surface area contributed by atoms with Crippen molar-refractivity contribution in [3.63, 3.8) is 0 Å². The molecule has 12 heteroatoms. The summed E-state index contributed by atoms with van der Waals surface area (Å²) in [7, 11) is 2.04. The first-order valence-electron chi connectivity index (χ1n) is 12.8. The molecule has 1 saturated heterocycles. The molecule has 3 aromatic rings. The van der Waals surface area contributed by atoms with Gasteiger partial charge in [-0.05, 0) is 50.6 Å². The number of fused-ring (bicyclic) bond motifs is 2. The van der Waals surface area contributed by atoms with Gasteiger partial charge in [0, 0.05) is 53.4 Å². The zero-order valence-corrected chi connectivity index (χ0v) is 22.5. The van der Waals surface area contributed by atoms with Gasteiger partial charge in [0.2, 0.25) is 0 Å². The van der Waals surface area contributed by atoms with E-state index in [4.69, 9.17) is 11.6 Å². The average Bonchev–Trinajstić information content (AvgIpc) is 3.31. The summed E-state index contributed by atoms with van der Waals surface area (Å²) >= 11 is 7.47. The Morgan fingerprint density at radius 2 is 1.95 bits per heavy atom. The number of thiazole rings is 1. The topological polar surface area (TPSA) is 131 Å². The normalized spacial score (nSPS) is 22.7. The lowest BCUT2D eigenvalue weighted by atomic mass is 9.98. The van der Waals surface area contributed by atoms with Crippen LogP contribution in [0.3, 0.4) is 0 Å². The number of likely N-dealkylation sites (tertiary alicyclic amines) is 1. The zero-order chi connectivity index (χ0) is 26.6. The van der Waals surface area contributed by atoms with Crippen molar-refractivity contribution >= 4 is 51.6 Å². The molecule has 2 atom stereocenters. The van der Waals surface area contributed by atoms with E-state index in [2.05, 4.69) is 25.5 Å². The number of aliphatic hydroxyl groups is 1. The van der Waals surface area contributed by atoms with E-state index in [1.165, 1.54) is 11.3 Å². The number of nitrogens with zero attached hydrogens (tertiary/aromatic N) is 3. The molecule has 2 aliphatic heterocycles. The summed E-state index contributed by atoms with van der Waals surface area (Å²) in [6.07, 6.45) is 2.13. The van der Waals surface area contributed by atoms with Gasteiger partial charge in [-0.3, -0.25) is 14.4 Å².